The Bertz CT molecular complexity index is 263. The highest BCUT2D eigenvalue weighted by molar-refractivity contribution is 5.79. The minimum atomic E-state index is 0.269. The van der Waals surface area contributed by atoms with Crippen molar-refractivity contribution in [2.75, 3.05) is 26.2 Å². The van der Waals surface area contributed by atoms with Crippen LogP contribution in [0.3, 0.4) is 0 Å². The predicted molar refractivity (Wildman–Crippen MR) is 55.5 cm³/mol. The van der Waals surface area contributed by atoms with E-state index in [1.165, 1.54) is 0 Å². The van der Waals surface area contributed by atoms with Crippen LogP contribution in [-0.2, 0) is 9.53 Å². The van der Waals surface area contributed by atoms with E-state index in [1.54, 1.807) is 0 Å². The number of rotatable bonds is 1. The Morgan fingerprint density at radius 2 is 2.13 bits per heavy atom. The van der Waals surface area contributed by atoms with Crippen LogP contribution in [0.1, 0.15) is 19.3 Å². The van der Waals surface area contributed by atoms with Crippen LogP contribution >= 0.6 is 0 Å². The number of nitrogens with one attached hydrogen (secondary N) is 1. The van der Waals surface area contributed by atoms with E-state index >= 15 is 0 Å². The predicted octanol–water partition coefficient (Wildman–Crippen LogP) is -0.0143. The quantitative estimate of drug-likeness (QED) is 0.661. The van der Waals surface area contributed by atoms with Gasteiger partial charge in [-0.25, -0.2) is 0 Å². The van der Waals surface area contributed by atoms with Crippen molar-refractivity contribution in [1.29, 1.82) is 0 Å². The van der Waals surface area contributed by atoms with E-state index < -0.39 is 0 Å². The minimum Gasteiger partial charge on any atom is -0.374 e. The first-order valence-electron chi connectivity index (χ1n) is 5.97. The normalized spacial score (nSPS) is 36.1. The minimum absolute atomic E-state index is 0.269. The summed E-state index contributed by atoms with van der Waals surface area (Å²) in [5, 5.41) is 3.30. The Hall–Kier alpha value is -0.610. The Morgan fingerprint density at radius 1 is 1.33 bits per heavy atom. The third kappa shape index (κ3) is 1.66. The highest BCUT2D eigenvalue weighted by Crippen LogP contribution is 2.30. The van der Waals surface area contributed by atoms with Crippen LogP contribution in [0.5, 0.6) is 0 Å². The fraction of sp³-hybridized carbons (Fsp3) is 0.909. The maximum Gasteiger partial charge on any atom is 0.226 e. The lowest BCUT2D eigenvalue weighted by Gasteiger charge is -2.32. The van der Waals surface area contributed by atoms with Crippen LogP contribution in [-0.4, -0.2) is 49.2 Å². The molecule has 3 heterocycles. The highest BCUT2D eigenvalue weighted by atomic mass is 16.5. The van der Waals surface area contributed by atoms with E-state index in [9.17, 15) is 4.79 Å². The molecule has 2 bridgehead atoms. The molecule has 3 aliphatic rings. The van der Waals surface area contributed by atoms with E-state index in [4.69, 9.17) is 4.74 Å². The van der Waals surface area contributed by atoms with E-state index in [0.29, 0.717) is 18.1 Å². The monoisotopic (exact) mass is 210 g/mol. The van der Waals surface area contributed by atoms with Gasteiger partial charge in [0.15, 0.2) is 0 Å². The van der Waals surface area contributed by atoms with Crippen LogP contribution < -0.4 is 5.32 Å². The number of piperidine rings is 1. The van der Waals surface area contributed by atoms with Crippen LogP contribution in [0.25, 0.3) is 0 Å². The molecule has 0 spiro atoms. The Balaban J connectivity index is 1.64. The largest absolute Gasteiger partial charge is 0.374 e. The smallest absolute Gasteiger partial charge is 0.226 e. The highest BCUT2D eigenvalue weighted by Gasteiger charge is 2.43. The third-order valence-electron chi connectivity index (χ3n) is 3.87. The first kappa shape index (κ1) is 9.60. The summed E-state index contributed by atoms with van der Waals surface area (Å²) < 4.78 is 5.51. The number of ether oxygens (including phenoxy) is 1. The first-order valence-corrected chi connectivity index (χ1v) is 5.97. The molecule has 84 valence electrons. The third-order valence-corrected chi connectivity index (χ3v) is 3.87. The van der Waals surface area contributed by atoms with Crippen LogP contribution in [0.4, 0.5) is 0 Å². The maximum absolute atomic E-state index is 12.2. The van der Waals surface area contributed by atoms with Gasteiger partial charge in [-0.05, 0) is 32.4 Å². The molecule has 1 N–H and O–H groups in total. The molecule has 0 aromatic rings. The molecular formula is C11H18N2O2. The summed E-state index contributed by atoms with van der Waals surface area (Å²) in [6, 6.07) is 0.386. The number of hydrogen-bond acceptors (Lipinski definition) is 3. The lowest BCUT2D eigenvalue weighted by molar-refractivity contribution is -0.140. The Kier molecular flexibility index (Phi) is 2.41. The van der Waals surface area contributed by atoms with Crippen molar-refractivity contribution in [3.8, 4) is 0 Å². The zero-order chi connectivity index (χ0) is 10.3. The average Bonchev–Trinajstić information content (AvgIpc) is 2.91. The molecule has 4 heteroatoms. The summed E-state index contributed by atoms with van der Waals surface area (Å²) in [6.45, 7) is 3.60. The molecule has 3 fully saturated rings. The van der Waals surface area contributed by atoms with E-state index in [1.807, 2.05) is 0 Å². The second-order valence-electron chi connectivity index (χ2n) is 4.86. The van der Waals surface area contributed by atoms with Gasteiger partial charge in [0.25, 0.3) is 0 Å². The average molecular weight is 210 g/mol. The van der Waals surface area contributed by atoms with Crippen LogP contribution in [0.2, 0.25) is 0 Å². The molecule has 4 nitrogen and oxygen atoms in total. The number of fused-ring (bicyclic) bond motifs is 2. The molecule has 0 aromatic carbocycles. The molecular weight excluding hydrogens is 192 g/mol. The number of amides is 1. The zero-order valence-corrected chi connectivity index (χ0v) is 8.95. The lowest BCUT2D eigenvalue weighted by atomic mass is 9.96. The molecule has 0 aromatic heterocycles. The molecule has 3 rings (SSSR count). The lowest BCUT2D eigenvalue weighted by Crippen LogP contribution is -2.46. The summed E-state index contributed by atoms with van der Waals surface area (Å²) in [4.78, 5) is 14.3. The molecule has 0 saturated carbocycles. The molecule has 15 heavy (non-hydrogen) atoms. The van der Waals surface area contributed by atoms with Gasteiger partial charge in [-0.15, -0.1) is 0 Å². The van der Waals surface area contributed by atoms with Crippen LogP contribution in [0.15, 0.2) is 0 Å². The summed E-state index contributed by atoms with van der Waals surface area (Å²) >= 11 is 0. The van der Waals surface area contributed by atoms with Gasteiger partial charge in [0.1, 0.15) is 0 Å². The Labute approximate surface area is 90.0 Å². The molecule has 0 aliphatic carbocycles. The molecule has 2 unspecified atom stereocenters. The van der Waals surface area contributed by atoms with E-state index in [-0.39, 0.29) is 5.92 Å². The second-order valence-corrected chi connectivity index (χ2v) is 4.86. The molecule has 2 atom stereocenters. The van der Waals surface area contributed by atoms with Gasteiger partial charge < -0.3 is 15.0 Å². The number of carbonyl (C=O) groups is 1. The molecule has 0 radical (unpaired) electrons. The van der Waals surface area contributed by atoms with Gasteiger partial charge in [0.05, 0.1) is 18.8 Å². The van der Waals surface area contributed by atoms with Crippen molar-refractivity contribution < 1.29 is 9.53 Å². The topological polar surface area (TPSA) is 41.6 Å². The standard InChI is InChI=1S/C11H18N2O2/c14-11(8-1-3-12-4-2-8)13-6-10-5-9(13)7-15-10/h8-10,12H,1-7H2. The fourth-order valence-electron chi connectivity index (χ4n) is 2.97. The van der Waals surface area contributed by atoms with Gasteiger partial charge in [0, 0.05) is 12.5 Å². The first-order chi connectivity index (χ1) is 7.34. The molecule has 3 saturated heterocycles. The van der Waals surface area contributed by atoms with Gasteiger partial charge >= 0.3 is 0 Å². The summed E-state index contributed by atoms with van der Waals surface area (Å²) in [5.41, 5.74) is 0. The van der Waals surface area contributed by atoms with E-state index in [0.717, 1.165) is 45.5 Å². The fourth-order valence-corrected chi connectivity index (χ4v) is 2.97. The van der Waals surface area contributed by atoms with Crippen molar-refractivity contribution >= 4 is 5.91 Å². The van der Waals surface area contributed by atoms with E-state index in [2.05, 4.69) is 10.2 Å². The van der Waals surface area contributed by atoms with Crippen molar-refractivity contribution in [3.05, 3.63) is 0 Å². The molecule has 1 amide bonds. The van der Waals surface area contributed by atoms with Crippen LogP contribution in [0, 0.1) is 5.92 Å². The van der Waals surface area contributed by atoms with Crippen molar-refractivity contribution in [3.63, 3.8) is 0 Å². The number of morpholine rings is 1. The second kappa shape index (κ2) is 3.76. The van der Waals surface area contributed by atoms with Crippen molar-refractivity contribution in [2.24, 2.45) is 5.92 Å². The Morgan fingerprint density at radius 3 is 2.73 bits per heavy atom. The zero-order valence-electron chi connectivity index (χ0n) is 8.95. The summed E-state index contributed by atoms with van der Waals surface area (Å²) in [6.07, 6.45) is 3.42. The van der Waals surface area contributed by atoms with Gasteiger partial charge in [0.2, 0.25) is 5.91 Å². The number of hydrogen-bond donors (Lipinski definition) is 1. The van der Waals surface area contributed by atoms with Gasteiger partial charge in [-0.3, -0.25) is 4.79 Å². The molecule has 3 aliphatic heterocycles. The summed E-state index contributed by atoms with van der Waals surface area (Å²) in [7, 11) is 0. The number of carbonyl (C=O) groups excluding carboxylic acids is 1. The SMILES string of the molecule is O=C(C1CCNCC1)N1CC2CC1CO2. The van der Waals surface area contributed by atoms with Gasteiger partial charge in [-0.2, -0.15) is 0 Å². The maximum atomic E-state index is 12.2. The number of likely N-dealkylation sites (tertiary alicyclic amines) is 1. The van der Waals surface area contributed by atoms with Gasteiger partial charge in [-0.1, -0.05) is 0 Å². The van der Waals surface area contributed by atoms with Crippen molar-refractivity contribution in [2.45, 2.75) is 31.4 Å². The number of nitrogens with zero attached hydrogens (tertiary/aromatic N) is 1. The summed E-state index contributed by atoms with van der Waals surface area (Å²) in [5.74, 6) is 0.651. The van der Waals surface area contributed by atoms with Crippen molar-refractivity contribution in [1.82, 2.24) is 10.2 Å².